The minimum absolute atomic E-state index is 0.162. The van der Waals surface area contributed by atoms with Gasteiger partial charge < -0.3 is 16.0 Å². The molecule has 1 aromatic heterocycles. The number of hydrogen-bond donors (Lipinski definition) is 2. The monoisotopic (exact) mass is 265 g/mol. The van der Waals surface area contributed by atoms with E-state index in [1.54, 1.807) is 38.0 Å². The van der Waals surface area contributed by atoms with Crippen molar-refractivity contribution in [2.75, 3.05) is 13.1 Å². The molecule has 2 rings (SSSR count). The second-order valence-corrected chi connectivity index (χ2v) is 5.23. The Labute approximate surface area is 111 Å². The minimum Gasteiger partial charge on any atom is -0.352 e. The molecule has 19 heavy (non-hydrogen) atoms. The molecule has 7 heteroatoms. The van der Waals surface area contributed by atoms with Crippen LogP contribution in [0.25, 0.3) is 0 Å². The van der Waals surface area contributed by atoms with Crippen molar-refractivity contribution in [3.63, 3.8) is 0 Å². The Balaban J connectivity index is 2.21. The molecule has 0 radical (unpaired) electrons. The van der Waals surface area contributed by atoms with Crippen molar-refractivity contribution >= 4 is 11.8 Å². The summed E-state index contributed by atoms with van der Waals surface area (Å²) >= 11 is 0. The van der Waals surface area contributed by atoms with E-state index < -0.39 is 11.6 Å². The van der Waals surface area contributed by atoms with Gasteiger partial charge in [0.05, 0.1) is 6.20 Å². The number of amides is 2. The van der Waals surface area contributed by atoms with Crippen LogP contribution >= 0.6 is 0 Å². The van der Waals surface area contributed by atoms with Crippen LogP contribution in [0.3, 0.4) is 0 Å². The van der Waals surface area contributed by atoms with Crippen molar-refractivity contribution in [1.29, 1.82) is 0 Å². The summed E-state index contributed by atoms with van der Waals surface area (Å²) in [4.78, 5) is 25.8. The van der Waals surface area contributed by atoms with E-state index in [9.17, 15) is 9.59 Å². The quantitative estimate of drug-likeness (QED) is 0.729. The molecule has 0 spiro atoms. The van der Waals surface area contributed by atoms with Crippen molar-refractivity contribution in [2.45, 2.75) is 25.4 Å². The van der Waals surface area contributed by atoms with Crippen LogP contribution in [0, 0.1) is 0 Å². The standard InChI is InChI=1S/C12H19N5O2/c1-12(2)11(19)14-4-5-17(12)10(18)9(13)8-6-15-16(3)7-8/h6-7,9H,4-5,13H2,1-3H3,(H,14,19). The van der Waals surface area contributed by atoms with Crippen LogP contribution in [0.5, 0.6) is 0 Å². The summed E-state index contributed by atoms with van der Waals surface area (Å²) in [5.41, 5.74) is 5.74. The van der Waals surface area contributed by atoms with E-state index in [2.05, 4.69) is 10.4 Å². The van der Waals surface area contributed by atoms with E-state index in [-0.39, 0.29) is 11.8 Å². The molecule has 0 aliphatic carbocycles. The fraction of sp³-hybridized carbons (Fsp3) is 0.583. The highest BCUT2D eigenvalue weighted by atomic mass is 16.2. The molecule has 1 aliphatic heterocycles. The number of aromatic nitrogens is 2. The predicted octanol–water partition coefficient (Wildman–Crippen LogP) is -0.843. The van der Waals surface area contributed by atoms with E-state index in [0.717, 1.165) is 0 Å². The molecule has 104 valence electrons. The Morgan fingerprint density at radius 3 is 2.84 bits per heavy atom. The second-order valence-electron chi connectivity index (χ2n) is 5.23. The maximum Gasteiger partial charge on any atom is 0.245 e. The molecule has 0 saturated carbocycles. The molecular weight excluding hydrogens is 246 g/mol. The number of nitrogens with zero attached hydrogens (tertiary/aromatic N) is 3. The average Bonchev–Trinajstić information content (AvgIpc) is 2.77. The first-order valence-electron chi connectivity index (χ1n) is 6.18. The van der Waals surface area contributed by atoms with Gasteiger partial charge in [-0.25, -0.2) is 0 Å². The van der Waals surface area contributed by atoms with Gasteiger partial charge in [-0.05, 0) is 13.8 Å². The van der Waals surface area contributed by atoms with Gasteiger partial charge >= 0.3 is 0 Å². The number of rotatable bonds is 2. The number of aryl methyl sites for hydroxylation is 1. The number of piperazine rings is 1. The molecule has 2 heterocycles. The average molecular weight is 265 g/mol. The lowest BCUT2D eigenvalue weighted by Crippen LogP contribution is -2.64. The van der Waals surface area contributed by atoms with E-state index in [1.165, 1.54) is 4.90 Å². The number of nitrogens with one attached hydrogen (secondary N) is 1. The maximum absolute atomic E-state index is 12.5. The zero-order valence-electron chi connectivity index (χ0n) is 11.4. The fourth-order valence-electron chi connectivity index (χ4n) is 2.20. The zero-order valence-corrected chi connectivity index (χ0v) is 11.4. The van der Waals surface area contributed by atoms with Gasteiger partial charge in [0.1, 0.15) is 11.6 Å². The van der Waals surface area contributed by atoms with E-state index in [0.29, 0.717) is 18.7 Å². The highest BCUT2D eigenvalue weighted by Crippen LogP contribution is 2.22. The molecule has 7 nitrogen and oxygen atoms in total. The van der Waals surface area contributed by atoms with Gasteiger partial charge in [0.2, 0.25) is 11.8 Å². The third kappa shape index (κ3) is 2.33. The third-order valence-electron chi connectivity index (χ3n) is 3.47. The molecule has 1 fully saturated rings. The molecule has 1 unspecified atom stereocenters. The normalized spacial score (nSPS) is 20.0. The summed E-state index contributed by atoms with van der Waals surface area (Å²) in [5.74, 6) is -0.418. The number of nitrogens with two attached hydrogens (primary N) is 1. The van der Waals surface area contributed by atoms with Crippen LogP contribution in [0.2, 0.25) is 0 Å². The molecule has 1 saturated heterocycles. The first-order chi connectivity index (χ1) is 8.84. The van der Waals surface area contributed by atoms with Crippen LogP contribution in [-0.4, -0.2) is 45.1 Å². The number of carbonyl (C=O) groups excluding carboxylic acids is 2. The highest BCUT2D eigenvalue weighted by molar-refractivity contribution is 5.93. The summed E-state index contributed by atoms with van der Waals surface area (Å²) in [6.45, 7) is 4.35. The molecule has 3 N–H and O–H groups in total. The largest absolute Gasteiger partial charge is 0.352 e. The lowest BCUT2D eigenvalue weighted by Gasteiger charge is -2.42. The number of carbonyl (C=O) groups is 2. The fourth-order valence-corrected chi connectivity index (χ4v) is 2.20. The first-order valence-corrected chi connectivity index (χ1v) is 6.18. The van der Waals surface area contributed by atoms with E-state index in [1.807, 2.05) is 0 Å². The molecule has 1 aliphatic rings. The van der Waals surface area contributed by atoms with Crippen LogP contribution in [0.4, 0.5) is 0 Å². The van der Waals surface area contributed by atoms with Crippen LogP contribution in [0.1, 0.15) is 25.5 Å². The summed E-state index contributed by atoms with van der Waals surface area (Å²) in [7, 11) is 1.76. The molecule has 2 amide bonds. The summed E-state index contributed by atoms with van der Waals surface area (Å²) in [6, 6.07) is -0.793. The van der Waals surface area contributed by atoms with Crippen molar-refractivity contribution < 1.29 is 9.59 Å². The SMILES string of the molecule is Cn1cc(C(N)C(=O)N2CCNC(=O)C2(C)C)cn1. The molecule has 0 aromatic carbocycles. The van der Waals surface area contributed by atoms with Gasteiger partial charge in [-0.15, -0.1) is 0 Å². The van der Waals surface area contributed by atoms with Crippen molar-refractivity contribution in [1.82, 2.24) is 20.0 Å². The zero-order chi connectivity index (χ0) is 14.2. The Bertz CT molecular complexity index is 508. The van der Waals surface area contributed by atoms with Gasteiger partial charge in [0.15, 0.2) is 0 Å². The van der Waals surface area contributed by atoms with E-state index in [4.69, 9.17) is 5.73 Å². The van der Waals surface area contributed by atoms with Gasteiger partial charge in [0, 0.05) is 31.9 Å². The second kappa shape index (κ2) is 4.65. The summed E-state index contributed by atoms with van der Waals surface area (Å²) in [6.07, 6.45) is 3.28. The Morgan fingerprint density at radius 1 is 1.58 bits per heavy atom. The van der Waals surface area contributed by atoms with Gasteiger partial charge in [-0.3, -0.25) is 14.3 Å². The summed E-state index contributed by atoms with van der Waals surface area (Å²) in [5, 5.41) is 6.75. The van der Waals surface area contributed by atoms with Gasteiger partial charge in [0.25, 0.3) is 0 Å². The topological polar surface area (TPSA) is 93.2 Å². The predicted molar refractivity (Wildman–Crippen MR) is 68.9 cm³/mol. The molecule has 1 atom stereocenters. The van der Waals surface area contributed by atoms with Crippen molar-refractivity contribution in [3.05, 3.63) is 18.0 Å². The highest BCUT2D eigenvalue weighted by Gasteiger charge is 2.42. The minimum atomic E-state index is -0.880. The molecule has 0 bridgehead atoms. The van der Waals surface area contributed by atoms with Crippen molar-refractivity contribution in [2.24, 2.45) is 12.8 Å². The summed E-state index contributed by atoms with van der Waals surface area (Å²) < 4.78 is 1.59. The van der Waals surface area contributed by atoms with Gasteiger partial charge in [-0.2, -0.15) is 5.10 Å². The molecular formula is C12H19N5O2. The Morgan fingerprint density at radius 2 is 2.26 bits per heavy atom. The Hall–Kier alpha value is -1.89. The third-order valence-corrected chi connectivity index (χ3v) is 3.47. The van der Waals surface area contributed by atoms with Gasteiger partial charge in [-0.1, -0.05) is 0 Å². The number of hydrogen-bond acceptors (Lipinski definition) is 4. The Kier molecular flexibility index (Phi) is 3.32. The van der Waals surface area contributed by atoms with Crippen molar-refractivity contribution in [3.8, 4) is 0 Å². The lowest BCUT2D eigenvalue weighted by molar-refractivity contribution is -0.150. The van der Waals surface area contributed by atoms with Crippen LogP contribution in [0.15, 0.2) is 12.4 Å². The van der Waals surface area contributed by atoms with E-state index >= 15 is 0 Å². The van der Waals surface area contributed by atoms with Crippen LogP contribution in [-0.2, 0) is 16.6 Å². The first kappa shape index (κ1) is 13.5. The maximum atomic E-state index is 12.5. The van der Waals surface area contributed by atoms with Crippen LogP contribution < -0.4 is 11.1 Å². The lowest BCUT2D eigenvalue weighted by atomic mass is 9.97. The molecule has 1 aromatic rings. The smallest absolute Gasteiger partial charge is 0.245 e.